The fraction of sp³-hybridized carbons (Fsp3) is 0.611. The van der Waals surface area contributed by atoms with E-state index in [1.165, 1.54) is 19.3 Å². The lowest BCUT2D eigenvalue weighted by Crippen LogP contribution is -2.22. The van der Waals surface area contributed by atoms with Crippen molar-refractivity contribution in [2.75, 3.05) is 12.4 Å². The maximum atomic E-state index is 12.4. The summed E-state index contributed by atoms with van der Waals surface area (Å²) in [6.45, 7) is 4.34. The number of carbonyl (C=O) groups is 1. The average molecular weight is 291 g/mol. The molecule has 1 amide bonds. The maximum absolute atomic E-state index is 12.4. The molecule has 0 saturated heterocycles. The van der Waals surface area contributed by atoms with Crippen LogP contribution >= 0.6 is 0 Å². The van der Waals surface area contributed by atoms with Gasteiger partial charge in [-0.25, -0.2) is 0 Å². The lowest BCUT2D eigenvalue weighted by Gasteiger charge is -2.16. The van der Waals surface area contributed by atoms with E-state index in [9.17, 15) is 4.79 Å². The van der Waals surface area contributed by atoms with Crippen molar-refractivity contribution < 1.29 is 9.53 Å². The Morgan fingerprint density at radius 2 is 1.95 bits per heavy atom. The first-order chi connectivity index (χ1) is 10.2. The molecule has 0 radical (unpaired) electrons. The molecule has 0 aliphatic heterocycles. The monoisotopic (exact) mass is 291 g/mol. The summed E-state index contributed by atoms with van der Waals surface area (Å²) in [4.78, 5) is 12.4. The van der Waals surface area contributed by atoms with Crippen LogP contribution in [0, 0.1) is 5.92 Å². The topological polar surface area (TPSA) is 38.3 Å². The van der Waals surface area contributed by atoms with E-state index in [-0.39, 0.29) is 11.8 Å². The Morgan fingerprint density at radius 3 is 2.62 bits per heavy atom. The summed E-state index contributed by atoms with van der Waals surface area (Å²) in [6, 6.07) is 7.53. The van der Waals surface area contributed by atoms with Gasteiger partial charge in [-0.15, -0.1) is 0 Å². The first-order valence-corrected chi connectivity index (χ1v) is 8.16. The molecule has 3 nitrogen and oxygen atoms in total. The third kappa shape index (κ3) is 6.65. The smallest absolute Gasteiger partial charge is 0.227 e. The van der Waals surface area contributed by atoms with Gasteiger partial charge in [0.2, 0.25) is 5.91 Å². The average Bonchev–Trinajstić information content (AvgIpc) is 2.50. The molecule has 0 aliphatic rings. The largest absolute Gasteiger partial charge is 0.497 e. The molecule has 118 valence electrons. The molecule has 1 rings (SSSR count). The summed E-state index contributed by atoms with van der Waals surface area (Å²) in [7, 11) is 1.63. The number of carbonyl (C=O) groups excluding carboxylic acids is 1. The number of rotatable bonds is 10. The molecule has 1 unspecified atom stereocenters. The predicted octanol–water partition coefficient (Wildman–Crippen LogP) is 5.02. The zero-order valence-electron chi connectivity index (χ0n) is 13.7. The van der Waals surface area contributed by atoms with Crippen LogP contribution in [0.1, 0.15) is 58.8 Å². The van der Waals surface area contributed by atoms with Crippen molar-refractivity contribution in [3.8, 4) is 5.75 Å². The van der Waals surface area contributed by atoms with Gasteiger partial charge in [0.1, 0.15) is 5.75 Å². The first-order valence-electron chi connectivity index (χ1n) is 8.16. The van der Waals surface area contributed by atoms with Crippen molar-refractivity contribution in [3.63, 3.8) is 0 Å². The predicted molar refractivity (Wildman–Crippen MR) is 88.8 cm³/mol. The Bertz CT molecular complexity index is 417. The second-order valence-electron chi connectivity index (χ2n) is 5.56. The number of hydrogen-bond donors (Lipinski definition) is 1. The molecule has 1 aromatic rings. The molecule has 0 saturated carbocycles. The van der Waals surface area contributed by atoms with Crippen LogP contribution < -0.4 is 10.1 Å². The summed E-state index contributed by atoms with van der Waals surface area (Å²) < 4.78 is 5.18. The normalized spacial score (nSPS) is 12.0. The minimum absolute atomic E-state index is 0.123. The minimum atomic E-state index is 0.123. The number of anilines is 1. The van der Waals surface area contributed by atoms with Gasteiger partial charge in [0, 0.05) is 17.7 Å². The highest BCUT2D eigenvalue weighted by Crippen LogP contribution is 2.21. The molecule has 0 bridgehead atoms. The van der Waals surface area contributed by atoms with Crippen LogP contribution in [0.4, 0.5) is 5.69 Å². The summed E-state index contributed by atoms with van der Waals surface area (Å²) in [5.74, 6) is 1.03. The second kappa shape index (κ2) is 10.3. The van der Waals surface area contributed by atoms with E-state index >= 15 is 0 Å². The van der Waals surface area contributed by atoms with Crippen molar-refractivity contribution in [2.24, 2.45) is 5.92 Å². The Morgan fingerprint density at radius 1 is 1.14 bits per heavy atom. The molecule has 0 heterocycles. The van der Waals surface area contributed by atoms with E-state index in [2.05, 4.69) is 19.2 Å². The fourth-order valence-electron chi connectivity index (χ4n) is 2.52. The van der Waals surface area contributed by atoms with Gasteiger partial charge in [-0.2, -0.15) is 0 Å². The van der Waals surface area contributed by atoms with Crippen LogP contribution in [-0.4, -0.2) is 13.0 Å². The second-order valence-corrected chi connectivity index (χ2v) is 5.56. The Hall–Kier alpha value is -1.51. The molecule has 1 atom stereocenters. The number of amides is 1. The first kappa shape index (κ1) is 17.5. The SMILES string of the molecule is CCCCCCC(CCC)C(=O)Nc1cccc(OC)c1. The number of nitrogens with one attached hydrogen (secondary N) is 1. The highest BCUT2D eigenvalue weighted by molar-refractivity contribution is 5.92. The number of benzene rings is 1. The summed E-state index contributed by atoms with van der Waals surface area (Å²) in [5.41, 5.74) is 0.814. The van der Waals surface area contributed by atoms with Crippen LogP contribution in [0.15, 0.2) is 24.3 Å². The molecule has 21 heavy (non-hydrogen) atoms. The van der Waals surface area contributed by atoms with Crippen molar-refractivity contribution in [3.05, 3.63) is 24.3 Å². The zero-order chi connectivity index (χ0) is 15.5. The van der Waals surface area contributed by atoms with Crippen LogP contribution in [0.3, 0.4) is 0 Å². The van der Waals surface area contributed by atoms with E-state index < -0.39 is 0 Å². The summed E-state index contributed by atoms with van der Waals surface area (Å²) >= 11 is 0. The Kier molecular flexibility index (Phi) is 8.56. The summed E-state index contributed by atoms with van der Waals surface area (Å²) in [6.07, 6.45) is 7.85. The third-order valence-electron chi connectivity index (χ3n) is 3.75. The third-order valence-corrected chi connectivity index (χ3v) is 3.75. The van der Waals surface area contributed by atoms with Gasteiger partial charge in [-0.3, -0.25) is 4.79 Å². The summed E-state index contributed by atoms with van der Waals surface area (Å²) in [5, 5.41) is 3.02. The van der Waals surface area contributed by atoms with Crippen molar-refractivity contribution >= 4 is 11.6 Å². The van der Waals surface area contributed by atoms with Crippen LogP contribution in [-0.2, 0) is 4.79 Å². The molecule has 0 aliphatic carbocycles. The molecule has 0 aromatic heterocycles. The van der Waals surface area contributed by atoms with Gasteiger partial charge in [-0.1, -0.05) is 52.0 Å². The molecule has 1 aromatic carbocycles. The van der Waals surface area contributed by atoms with Gasteiger partial charge in [0.15, 0.2) is 0 Å². The van der Waals surface area contributed by atoms with Gasteiger partial charge < -0.3 is 10.1 Å². The van der Waals surface area contributed by atoms with E-state index in [0.717, 1.165) is 37.1 Å². The van der Waals surface area contributed by atoms with E-state index in [1.54, 1.807) is 7.11 Å². The number of ether oxygens (including phenoxy) is 1. The zero-order valence-corrected chi connectivity index (χ0v) is 13.7. The minimum Gasteiger partial charge on any atom is -0.497 e. The molecular formula is C18H29NO2. The van der Waals surface area contributed by atoms with E-state index in [4.69, 9.17) is 4.74 Å². The van der Waals surface area contributed by atoms with Crippen LogP contribution in [0.25, 0.3) is 0 Å². The van der Waals surface area contributed by atoms with Crippen molar-refractivity contribution in [1.82, 2.24) is 0 Å². The lowest BCUT2D eigenvalue weighted by molar-refractivity contribution is -0.120. The van der Waals surface area contributed by atoms with Gasteiger partial charge in [-0.05, 0) is 25.0 Å². The Labute approximate surface area is 129 Å². The number of methoxy groups -OCH3 is 1. The quantitative estimate of drug-likeness (QED) is 0.615. The van der Waals surface area contributed by atoms with Crippen LogP contribution in [0.5, 0.6) is 5.75 Å². The molecular weight excluding hydrogens is 262 g/mol. The fourth-order valence-corrected chi connectivity index (χ4v) is 2.52. The maximum Gasteiger partial charge on any atom is 0.227 e. The van der Waals surface area contributed by atoms with Gasteiger partial charge in [0.25, 0.3) is 0 Å². The molecule has 1 N–H and O–H groups in total. The highest BCUT2D eigenvalue weighted by atomic mass is 16.5. The van der Waals surface area contributed by atoms with E-state index in [1.807, 2.05) is 24.3 Å². The molecule has 0 fully saturated rings. The van der Waals surface area contributed by atoms with Crippen molar-refractivity contribution in [1.29, 1.82) is 0 Å². The lowest BCUT2D eigenvalue weighted by atomic mass is 9.95. The standard InChI is InChI=1S/C18H29NO2/c1-4-6-7-8-11-15(10-5-2)18(20)19-16-12-9-13-17(14-16)21-3/h9,12-15H,4-8,10-11H2,1-3H3,(H,19,20). The molecule has 3 heteroatoms. The number of unbranched alkanes of at least 4 members (excludes halogenated alkanes) is 3. The molecule has 0 spiro atoms. The van der Waals surface area contributed by atoms with E-state index in [0.29, 0.717) is 0 Å². The number of hydrogen-bond acceptors (Lipinski definition) is 2. The van der Waals surface area contributed by atoms with Gasteiger partial charge >= 0.3 is 0 Å². The highest BCUT2D eigenvalue weighted by Gasteiger charge is 2.17. The van der Waals surface area contributed by atoms with Crippen LogP contribution in [0.2, 0.25) is 0 Å². The Balaban J connectivity index is 2.54. The van der Waals surface area contributed by atoms with Gasteiger partial charge in [0.05, 0.1) is 7.11 Å². The van der Waals surface area contributed by atoms with Crippen molar-refractivity contribution in [2.45, 2.75) is 58.8 Å².